The Morgan fingerprint density at radius 1 is 1.44 bits per heavy atom. The molecule has 2 rings (SSSR count). The van der Waals surface area contributed by atoms with Gasteiger partial charge in [-0.3, -0.25) is 4.68 Å². The topological polar surface area (TPSA) is 57.0 Å². The van der Waals surface area contributed by atoms with Gasteiger partial charge in [0.25, 0.3) is 0 Å². The number of hydrogen-bond acceptors (Lipinski definition) is 4. The van der Waals surface area contributed by atoms with Crippen LogP contribution in [0.3, 0.4) is 0 Å². The summed E-state index contributed by atoms with van der Waals surface area (Å²) in [7, 11) is 1.34. The molecule has 0 radical (unpaired) electrons. The van der Waals surface area contributed by atoms with Crippen molar-refractivity contribution in [3.8, 4) is 0 Å². The molecule has 0 amide bonds. The number of rotatable bonds is 2. The first-order valence-electron chi connectivity index (χ1n) is 5.05. The molecule has 0 aliphatic heterocycles. The maximum Gasteiger partial charge on any atom is 0.356 e. The van der Waals surface area contributed by atoms with Gasteiger partial charge in [-0.1, -0.05) is 0 Å². The number of pyridine rings is 1. The third-order valence-electron chi connectivity index (χ3n) is 2.36. The van der Waals surface area contributed by atoms with Gasteiger partial charge in [-0.05, 0) is 19.9 Å². The lowest BCUT2D eigenvalue weighted by atomic mass is 10.2. The van der Waals surface area contributed by atoms with Gasteiger partial charge in [-0.2, -0.15) is 5.10 Å². The molecular formula is C11H13N3O2. The lowest BCUT2D eigenvalue weighted by molar-refractivity contribution is 0.0594. The number of hydrogen-bond donors (Lipinski definition) is 0. The minimum Gasteiger partial charge on any atom is -0.464 e. The van der Waals surface area contributed by atoms with Crippen LogP contribution in [0.2, 0.25) is 0 Å². The summed E-state index contributed by atoms with van der Waals surface area (Å²) in [6.07, 6.45) is 3.37. The molecule has 0 aliphatic rings. The molecule has 16 heavy (non-hydrogen) atoms. The van der Waals surface area contributed by atoms with E-state index in [2.05, 4.69) is 14.8 Å². The maximum absolute atomic E-state index is 11.3. The van der Waals surface area contributed by atoms with Gasteiger partial charge in [0.15, 0.2) is 5.69 Å². The highest BCUT2D eigenvalue weighted by Crippen LogP contribution is 2.17. The highest BCUT2D eigenvalue weighted by molar-refractivity contribution is 5.91. The van der Waals surface area contributed by atoms with Gasteiger partial charge < -0.3 is 4.74 Å². The molecule has 0 saturated carbocycles. The van der Waals surface area contributed by atoms with Crippen LogP contribution < -0.4 is 0 Å². The molecule has 5 nitrogen and oxygen atoms in total. The van der Waals surface area contributed by atoms with Gasteiger partial charge in [0.05, 0.1) is 18.8 Å². The van der Waals surface area contributed by atoms with Crippen molar-refractivity contribution in [2.45, 2.75) is 19.9 Å². The summed E-state index contributed by atoms with van der Waals surface area (Å²) >= 11 is 0. The van der Waals surface area contributed by atoms with Crippen LogP contribution in [0.15, 0.2) is 18.5 Å². The number of fused-ring (bicyclic) bond motifs is 1. The fourth-order valence-corrected chi connectivity index (χ4v) is 1.57. The van der Waals surface area contributed by atoms with Crippen LogP contribution in [-0.4, -0.2) is 27.8 Å². The summed E-state index contributed by atoms with van der Waals surface area (Å²) in [6.45, 7) is 4.06. The van der Waals surface area contributed by atoms with Crippen LogP contribution in [-0.2, 0) is 4.74 Å². The fraction of sp³-hybridized carbons (Fsp3) is 0.364. The van der Waals surface area contributed by atoms with Crippen LogP contribution in [0.4, 0.5) is 0 Å². The molecule has 0 aromatic carbocycles. The molecule has 0 atom stereocenters. The third kappa shape index (κ3) is 1.64. The molecule has 0 N–H and O–H groups in total. The van der Waals surface area contributed by atoms with Gasteiger partial charge in [0.2, 0.25) is 0 Å². The van der Waals surface area contributed by atoms with Crippen LogP contribution in [0.1, 0.15) is 30.4 Å². The molecule has 2 heterocycles. The summed E-state index contributed by atoms with van der Waals surface area (Å²) in [5.74, 6) is -0.432. The molecule has 0 saturated heterocycles. The van der Waals surface area contributed by atoms with Gasteiger partial charge in [-0.25, -0.2) is 9.78 Å². The Hall–Kier alpha value is -1.91. The number of carbonyl (C=O) groups is 1. The molecule has 84 valence electrons. The van der Waals surface area contributed by atoms with Gasteiger partial charge in [0, 0.05) is 17.6 Å². The smallest absolute Gasteiger partial charge is 0.356 e. The van der Waals surface area contributed by atoms with Gasteiger partial charge in [0.1, 0.15) is 0 Å². The Morgan fingerprint density at radius 3 is 2.81 bits per heavy atom. The Kier molecular flexibility index (Phi) is 2.60. The van der Waals surface area contributed by atoms with E-state index in [1.54, 1.807) is 18.5 Å². The molecule has 0 fully saturated rings. The quantitative estimate of drug-likeness (QED) is 0.723. The standard InChI is InChI=1S/C11H13N3O2/c1-7(2)14-10-4-9(11(15)16-3)12-5-8(10)6-13-14/h4-7H,1-3H3. The van der Waals surface area contributed by atoms with Gasteiger partial charge >= 0.3 is 5.97 Å². The first-order valence-corrected chi connectivity index (χ1v) is 5.05. The first-order chi connectivity index (χ1) is 7.63. The Morgan fingerprint density at radius 2 is 2.19 bits per heavy atom. The molecule has 0 aliphatic carbocycles. The molecule has 2 aromatic heterocycles. The van der Waals surface area contributed by atoms with Crippen molar-refractivity contribution in [3.63, 3.8) is 0 Å². The van der Waals surface area contributed by atoms with Crippen LogP contribution >= 0.6 is 0 Å². The summed E-state index contributed by atoms with van der Waals surface area (Å²) in [5, 5.41) is 5.16. The van der Waals surface area contributed by atoms with Crippen molar-refractivity contribution in [2.75, 3.05) is 7.11 Å². The minimum atomic E-state index is -0.432. The number of aromatic nitrogens is 3. The zero-order chi connectivity index (χ0) is 11.7. The van der Waals surface area contributed by atoms with Crippen molar-refractivity contribution < 1.29 is 9.53 Å². The van der Waals surface area contributed by atoms with Gasteiger partial charge in [-0.15, -0.1) is 0 Å². The minimum absolute atomic E-state index is 0.241. The summed E-state index contributed by atoms with van der Waals surface area (Å²) in [4.78, 5) is 15.4. The predicted octanol–water partition coefficient (Wildman–Crippen LogP) is 1.80. The monoisotopic (exact) mass is 219 g/mol. The fourth-order valence-electron chi connectivity index (χ4n) is 1.57. The molecule has 0 unspecified atom stereocenters. The maximum atomic E-state index is 11.3. The summed E-state index contributed by atoms with van der Waals surface area (Å²) in [5.41, 5.74) is 1.20. The van der Waals surface area contributed by atoms with Crippen LogP contribution in [0.5, 0.6) is 0 Å². The zero-order valence-electron chi connectivity index (χ0n) is 9.47. The second-order valence-corrected chi connectivity index (χ2v) is 3.80. The Labute approximate surface area is 93.0 Å². The normalized spacial score (nSPS) is 11.0. The van der Waals surface area contributed by atoms with Crippen LogP contribution in [0.25, 0.3) is 10.9 Å². The molecule has 2 aromatic rings. The second-order valence-electron chi connectivity index (χ2n) is 3.80. The number of carbonyl (C=O) groups excluding carboxylic acids is 1. The number of methoxy groups -OCH3 is 1. The largest absolute Gasteiger partial charge is 0.464 e. The molecule has 0 bridgehead atoms. The van der Waals surface area contributed by atoms with E-state index in [9.17, 15) is 4.79 Å². The van der Waals surface area contributed by atoms with E-state index in [1.165, 1.54) is 7.11 Å². The average Bonchev–Trinajstić information content (AvgIpc) is 2.70. The van der Waals surface area contributed by atoms with Crippen molar-refractivity contribution >= 4 is 16.9 Å². The van der Waals surface area contributed by atoms with Crippen molar-refractivity contribution in [1.29, 1.82) is 0 Å². The van der Waals surface area contributed by atoms with E-state index in [4.69, 9.17) is 0 Å². The van der Waals surface area contributed by atoms with Crippen molar-refractivity contribution in [2.24, 2.45) is 0 Å². The SMILES string of the molecule is COC(=O)c1cc2c(cn1)cnn2C(C)C. The van der Waals surface area contributed by atoms with Crippen LogP contribution in [0, 0.1) is 0 Å². The Balaban J connectivity index is 2.58. The summed E-state index contributed by atoms with van der Waals surface area (Å²) in [6, 6.07) is 1.94. The molecule has 5 heteroatoms. The highest BCUT2D eigenvalue weighted by Gasteiger charge is 2.11. The van der Waals surface area contributed by atoms with E-state index in [0.717, 1.165) is 10.9 Å². The van der Waals surface area contributed by atoms with E-state index in [1.807, 2.05) is 18.5 Å². The molecular weight excluding hydrogens is 206 g/mol. The molecule has 0 spiro atoms. The zero-order valence-corrected chi connectivity index (χ0v) is 9.47. The lowest BCUT2D eigenvalue weighted by Crippen LogP contribution is -2.06. The van der Waals surface area contributed by atoms with E-state index >= 15 is 0 Å². The number of ether oxygens (including phenoxy) is 1. The second kappa shape index (κ2) is 3.92. The van der Waals surface area contributed by atoms with Crippen molar-refractivity contribution in [3.05, 3.63) is 24.2 Å². The average molecular weight is 219 g/mol. The highest BCUT2D eigenvalue weighted by atomic mass is 16.5. The third-order valence-corrected chi connectivity index (χ3v) is 2.36. The predicted molar refractivity (Wildman–Crippen MR) is 59.3 cm³/mol. The number of nitrogens with zero attached hydrogens (tertiary/aromatic N) is 3. The van der Waals surface area contributed by atoms with E-state index in [0.29, 0.717) is 5.69 Å². The summed E-state index contributed by atoms with van der Waals surface area (Å²) < 4.78 is 6.48. The Bertz CT molecular complexity index is 531. The number of esters is 1. The van der Waals surface area contributed by atoms with E-state index < -0.39 is 5.97 Å². The van der Waals surface area contributed by atoms with Crippen molar-refractivity contribution in [1.82, 2.24) is 14.8 Å². The lowest BCUT2D eigenvalue weighted by Gasteiger charge is -2.07. The van der Waals surface area contributed by atoms with E-state index in [-0.39, 0.29) is 6.04 Å². The first kappa shape index (κ1) is 10.6.